The molecule has 1 amide bonds. The normalized spacial score (nSPS) is 14.5. The zero-order valence-electron chi connectivity index (χ0n) is 16.6. The monoisotopic (exact) mass is 408 g/mol. The molecule has 0 saturated heterocycles. The van der Waals surface area contributed by atoms with Gasteiger partial charge in [0.25, 0.3) is 0 Å². The maximum absolute atomic E-state index is 12.3. The number of carbonyl (C=O) groups excluding carboxylic acids is 1. The Kier molecular flexibility index (Phi) is 8.15. The van der Waals surface area contributed by atoms with Crippen molar-refractivity contribution in [2.75, 3.05) is 26.5 Å². The fourth-order valence-electron chi connectivity index (χ4n) is 2.74. The van der Waals surface area contributed by atoms with Gasteiger partial charge < -0.3 is 14.8 Å². The predicted octanol–water partition coefficient (Wildman–Crippen LogP) is 1.47. The van der Waals surface area contributed by atoms with Gasteiger partial charge in [0.15, 0.2) is 11.5 Å². The fraction of sp³-hybridized carbons (Fsp3) is 0.550. The van der Waals surface area contributed by atoms with Crippen LogP contribution in [0.4, 0.5) is 0 Å². The van der Waals surface area contributed by atoms with Gasteiger partial charge in [-0.3, -0.25) is 4.79 Å². The lowest BCUT2D eigenvalue weighted by atomic mass is 10.1. The zero-order chi connectivity index (χ0) is 20.6. The van der Waals surface area contributed by atoms with E-state index >= 15 is 0 Å². The highest BCUT2D eigenvalue weighted by molar-refractivity contribution is 7.88. The maximum atomic E-state index is 12.3. The Morgan fingerprint density at radius 1 is 1.29 bits per heavy atom. The molecule has 1 fully saturated rings. The average Bonchev–Trinajstić information content (AvgIpc) is 3.48. The van der Waals surface area contributed by atoms with Gasteiger partial charge in [0.2, 0.25) is 15.9 Å². The van der Waals surface area contributed by atoms with Crippen molar-refractivity contribution in [3.05, 3.63) is 23.8 Å². The van der Waals surface area contributed by atoms with Crippen molar-refractivity contribution in [3.8, 4) is 23.3 Å². The van der Waals surface area contributed by atoms with Crippen molar-refractivity contribution in [2.24, 2.45) is 5.92 Å². The van der Waals surface area contributed by atoms with Gasteiger partial charge in [-0.05, 0) is 42.9 Å². The summed E-state index contributed by atoms with van der Waals surface area (Å²) >= 11 is 0. The van der Waals surface area contributed by atoms with Crippen LogP contribution < -0.4 is 19.5 Å². The van der Waals surface area contributed by atoms with E-state index in [2.05, 4.69) is 21.9 Å². The summed E-state index contributed by atoms with van der Waals surface area (Å²) < 4.78 is 36.3. The van der Waals surface area contributed by atoms with E-state index < -0.39 is 16.1 Å². The molecule has 28 heavy (non-hydrogen) atoms. The number of carbonyl (C=O) groups is 1. The lowest BCUT2D eigenvalue weighted by Crippen LogP contribution is -2.48. The Morgan fingerprint density at radius 2 is 2.04 bits per heavy atom. The molecule has 1 atom stereocenters. The number of hydrogen-bond donors (Lipinski definition) is 2. The molecular weight excluding hydrogens is 380 g/mol. The van der Waals surface area contributed by atoms with Crippen LogP contribution in [-0.2, 0) is 21.2 Å². The van der Waals surface area contributed by atoms with Gasteiger partial charge in [-0.2, -0.15) is 0 Å². The largest absolute Gasteiger partial charge is 0.493 e. The fourth-order valence-corrected chi connectivity index (χ4v) is 3.50. The molecule has 0 aromatic heterocycles. The Hall–Kier alpha value is -2.24. The Balaban J connectivity index is 1.88. The molecular formula is C20H28N2O5S. The molecule has 0 radical (unpaired) electrons. The zero-order valence-corrected chi connectivity index (χ0v) is 17.4. The number of amides is 1. The standard InChI is InChI=1S/C20H28N2O5S/c1-4-5-6-13-27-17-10-7-15(14-18(17)26-2)11-12-21-20(23)19(16-8-9-16)22-28(3,24)25/h7,10,14,16,19,22H,4,8-9,11-13H2,1-3H3,(H,21,23)/t19-/m0/s1. The molecule has 0 spiro atoms. The first kappa shape index (κ1) is 22.1. The summed E-state index contributed by atoms with van der Waals surface area (Å²) in [5.74, 6) is 6.88. The molecule has 1 aliphatic rings. The minimum atomic E-state index is -3.43. The van der Waals surface area contributed by atoms with Gasteiger partial charge in [-0.15, -0.1) is 5.92 Å². The third kappa shape index (κ3) is 7.41. The molecule has 0 unspecified atom stereocenters. The number of benzene rings is 1. The number of methoxy groups -OCH3 is 1. The first-order valence-electron chi connectivity index (χ1n) is 9.34. The number of hydrogen-bond acceptors (Lipinski definition) is 5. The van der Waals surface area contributed by atoms with Crippen molar-refractivity contribution in [2.45, 2.75) is 38.6 Å². The van der Waals surface area contributed by atoms with Crippen LogP contribution in [0.25, 0.3) is 0 Å². The van der Waals surface area contributed by atoms with Gasteiger partial charge >= 0.3 is 0 Å². The third-order valence-corrected chi connectivity index (χ3v) is 4.94. The van der Waals surface area contributed by atoms with Crippen molar-refractivity contribution in [1.82, 2.24) is 10.0 Å². The van der Waals surface area contributed by atoms with E-state index in [1.807, 2.05) is 25.1 Å². The Morgan fingerprint density at radius 3 is 2.64 bits per heavy atom. The van der Waals surface area contributed by atoms with Gasteiger partial charge in [-0.1, -0.05) is 18.9 Å². The first-order chi connectivity index (χ1) is 13.3. The molecule has 1 aromatic rings. The highest BCUT2D eigenvalue weighted by Gasteiger charge is 2.37. The van der Waals surface area contributed by atoms with Crippen LogP contribution in [0.3, 0.4) is 0 Å². The van der Waals surface area contributed by atoms with Crippen LogP contribution in [0, 0.1) is 17.8 Å². The van der Waals surface area contributed by atoms with Crippen molar-refractivity contribution in [1.29, 1.82) is 0 Å². The summed E-state index contributed by atoms with van der Waals surface area (Å²) in [7, 11) is -1.85. The van der Waals surface area contributed by atoms with Gasteiger partial charge in [0.05, 0.1) is 13.4 Å². The minimum absolute atomic E-state index is 0.0852. The van der Waals surface area contributed by atoms with Crippen molar-refractivity contribution < 1.29 is 22.7 Å². The maximum Gasteiger partial charge on any atom is 0.238 e. The smallest absolute Gasteiger partial charge is 0.238 e. The summed E-state index contributed by atoms with van der Waals surface area (Å²) in [6.45, 7) is 2.68. The van der Waals surface area contributed by atoms with Crippen LogP contribution >= 0.6 is 0 Å². The molecule has 154 valence electrons. The van der Waals surface area contributed by atoms with Crippen LogP contribution in [0.2, 0.25) is 0 Å². The average molecular weight is 409 g/mol. The third-order valence-electron chi connectivity index (χ3n) is 4.26. The summed E-state index contributed by atoms with van der Waals surface area (Å²) in [4.78, 5) is 12.3. The van der Waals surface area contributed by atoms with Crippen LogP contribution in [0.1, 0.15) is 31.7 Å². The Bertz CT molecular complexity index is 838. The highest BCUT2D eigenvalue weighted by atomic mass is 32.2. The van der Waals surface area contributed by atoms with E-state index in [-0.39, 0.29) is 11.8 Å². The second-order valence-electron chi connectivity index (χ2n) is 6.73. The highest BCUT2D eigenvalue weighted by Crippen LogP contribution is 2.33. The topological polar surface area (TPSA) is 93.7 Å². The number of sulfonamides is 1. The van der Waals surface area contributed by atoms with E-state index in [0.29, 0.717) is 31.1 Å². The minimum Gasteiger partial charge on any atom is -0.493 e. The van der Waals surface area contributed by atoms with Gasteiger partial charge in [-0.25, -0.2) is 13.1 Å². The molecule has 0 heterocycles. The first-order valence-corrected chi connectivity index (χ1v) is 11.2. The number of rotatable bonds is 10. The summed E-state index contributed by atoms with van der Waals surface area (Å²) in [6.07, 6.45) is 4.17. The van der Waals surface area contributed by atoms with Crippen LogP contribution in [-0.4, -0.2) is 46.9 Å². The molecule has 7 nitrogen and oxygen atoms in total. The Labute approximate surface area is 167 Å². The summed E-state index contributed by atoms with van der Waals surface area (Å²) in [5, 5.41) is 2.82. The molecule has 2 rings (SSSR count). The SMILES string of the molecule is CCC#CCOc1ccc(CCNC(=O)[C@@H](NS(C)(=O)=O)C2CC2)cc1OC. The molecule has 8 heteroatoms. The van der Waals surface area contributed by atoms with Gasteiger partial charge in [0, 0.05) is 13.0 Å². The predicted molar refractivity (Wildman–Crippen MR) is 108 cm³/mol. The molecule has 1 aliphatic carbocycles. The molecule has 2 N–H and O–H groups in total. The number of nitrogens with one attached hydrogen (secondary N) is 2. The summed E-state index contributed by atoms with van der Waals surface area (Å²) in [5.41, 5.74) is 0.975. The van der Waals surface area contributed by atoms with E-state index in [4.69, 9.17) is 9.47 Å². The summed E-state index contributed by atoms with van der Waals surface area (Å²) in [6, 6.07) is 4.90. The lowest BCUT2D eigenvalue weighted by molar-refractivity contribution is -0.123. The molecule has 1 aromatic carbocycles. The molecule has 0 aliphatic heterocycles. The number of ether oxygens (including phenoxy) is 2. The van der Waals surface area contributed by atoms with Gasteiger partial charge in [0.1, 0.15) is 12.6 Å². The van der Waals surface area contributed by atoms with Crippen LogP contribution in [0.15, 0.2) is 18.2 Å². The van der Waals surface area contributed by atoms with Crippen molar-refractivity contribution >= 4 is 15.9 Å². The van der Waals surface area contributed by atoms with Crippen molar-refractivity contribution in [3.63, 3.8) is 0 Å². The van der Waals surface area contributed by atoms with E-state index in [1.54, 1.807) is 7.11 Å². The second kappa shape index (κ2) is 10.3. The van der Waals surface area contributed by atoms with Crippen LogP contribution in [0.5, 0.6) is 11.5 Å². The lowest BCUT2D eigenvalue weighted by Gasteiger charge is -2.17. The van der Waals surface area contributed by atoms with E-state index in [1.165, 1.54) is 0 Å². The van der Waals surface area contributed by atoms with E-state index in [0.717, 1.165) is 31.1 Å². The molecule has 1 saturated carbocycles. The quantitative estimate of drug-likeness (QED) is 0.572. The molecule has 0 bridgehead atoms. The second-order valence-corrected chi connectivity index (χ2v) is 8.51. The van der Waals surface area contributed by atoms with E-state index in [9.17, 15) is 13.2 Å².